The van der Waals surface area contributed by atoms with Crippen molar-refractivity contribution in [2.24, 2.45) is 0 Å². The van der Waals surface area contributed by atoms with E-state index in [1.165, 1.54) is 4.57 Å². The molecule has 3 rings (SSSR count). The maximum atomic E-state index is 13.2. The van der Waals surface area contributed by atoms with Crippen molar-refractivity contribution < 1.29 is 17.7 Å². The normalized spacial score (nSPS) is 12.0. The van der Waals surface area contributed by atoms with E-state index in [4.69, 9.17) is 11.6 Å². The molecule has 0 saturated carbocycles. The molecule has 0 amide bonds. The van der Waals surface area contributed by atoms with Crippen LogP contribution >= 0.6 is 11.6 Å². The van der Waals surface area contributed by atoms with Crippen molar-refractivity contribution in [3.8, 4) is 0 Å². The van der Waals surface area contributed by atoms with Gasteiger partial charge in [-0.1, -0.05) is 41.9 Å². The summed E-state index contributed by atoms with van der Waals surface area (Å²) in [7, 11) is 0. The van der Waals surface area contributed by atoms with E-state index in [1.807, 2.05) is 0 Å². The first-order valence-corrected chi connectivity index (χ1v) is 6.66. The lowest BCUT2D eigenvalue weighted by atomic mass is 10.2. The van der Waals surface area contributed by atoms with Crippen LogP contribution in [0, 0.1) is 0 Å². The topological polar surface area (TPSA) is 19.7 Å². The predicted octanol–water partition coefficient (Wildman–Crippen LogP) is 4.18. The second-order valence-electron chi connectivity index (χ2n) is 4.67. The Labute approximate surface area is 123 Å². The average molecular weight is 312 g/mol. The van der Waals surface area contributed by atoms with E-state index in [2.05, 4.69) is 4.98 Å². The second kappa shape index (κ2) is 5.07. The first-order chi connectivity index (χ1) is 9.97. The monoisotopic (exact) mass is 311 g/mol. The Morgan fingerprint density at radius 2 is 1.67 bits per heavy atom. The molecule has 0 bridgehead atoms. The van der Waals surface area contributed by atoms with E-state index in [-0.39, 0.29) is 6.54 Å². The van der Waals surface area contributed by atoms with Crippen molar-refractivity contribution in [2.45, 2.75) is 12.7 Å². The molecular formula is C15H11ClF3N2+. The number of H-pyrrole nitrogens is 1. The van der Waals surface area contributed by atoms with Gasteiger partial charge in [-0.25, -0.2) is 9.55 Å². The van der Waals surface area contributed by atoms with Gasteiger partial charge in [-0.05, 0) is 18.2 Å². The Balaban J connectivity index is 2.18. The highest BCUT2D eigenvalue weighted by atomic mass is 35.5. The fourth-order valence-electron chi connectivity index (χ4n) is 2.32. The van der Waals surface area contributed by atoms with Crippen molar-refractivity contribution in [2.75, 3.05) is 0 Å². The lowest BCUT2D eigenvalue weighted by molar-refractivity contribution is -0.682. The summed E-state index contributed by atoms with van der Waals surface area (Å²) in [6.45, 7) is 0.0541. The van der Waals surface area contributed by atoms with Gasteiger partial charge < -0.3 is 0 Å². The molecule has 0 spiro atoms. The summed E-state index contributed by atoms with van der Waals surface area (Å²) in [6, 6.07) is 13.6. The Morgan fingerprint density at radius 3 is 2.38 bits per heavy atom. The number of aromatic amines is 1. The Bertz CT molecular complexity index is 793. The van der Waals surface area contributed by atoms with Gasteiger partial charge in [-0.2, -0.15) is 13.2 Å². The zero-order valence-electron chi connectivity index (χ0n) is 10.8. The van der Waals surface area contributed by atoms with Gasteiger partial charge in [0.25, 0.3) is 0 Å². The zero-order chi connectivity index (χ0) is 15.0. The Morgan fingerprint density at radius 1 is 1.00 bits per heavy atom. The SMILES string of the molecule is FC(F)(F)c1[nH]c2ccccc2[n+]1Cc1ccccc1Cl. The second-order valence-corrected chi connectivity index (χ2v) is 5.07. The molecule has 0 aliphatic heterocycles. The molecule has 1 heterocycles. The van der Waals surface area contributed by atoms with Gasteiger partial charge in [0, 0.05) is 10.6 Å². The molecule has 0 atom stereocenters. The summed E-state index contributed by atoms with van der Waals surface area (Å²) in [5, 5.41) is 0.448. The standard InChI is InChI=1S/C15H10ClF3N2/c16-11-6-2-1-5-10(11)9-21-13-8-4-3-7-12(13)20-14(21)15(17,18)19/h1-8H,9H2/p+1. The first-order valence-electron chi connectivity index (χ1n) is 6.28. The van der Waals surface area contributed by atoms with E-state index in [9.17, 15) is 13.2 Å². The lowest BCUT2D eigenvalue weighted by Gasteiger charge is -2.06. The van der Waals surface area contributed by atoms with Crippen molar-refractivity contribution >= 4 is 22.6 Å². The van der Waals surface area contributed by atoms with Gasteiger partial charge in [-0.15, -0.1) is 0 Å². The molecule has 0 aliphatic rings. The minimum absolute atomic E-state index is 0.0541. The number of rotatable bonds is 2. The number of para-hydroxylation sites is 2. The number of nitrogens with zero attached hydrogens (tertiary/aromatic N) is 1. The maximum absolute atomic E-state index is 13.2. The van der Waals surface area contributed by atoms with Crippen LogP contribution in [-0.2, 0) is 12.7 Å². The van der Waals surface area contributed by atoms with Gasteiger partial charge in [0.15, 0.2) is 11.0 Å². The molecule has 6 heteroatoms. The third-order valence-corrected chi connectivity index (χ3v) is 3.64. The zero-order valence-corrected chi connectivity index (χ0v) is 11.5. The maximum Gasteiger partial charge on any atom is 0.494 e. The molecule has 21 heavy (non-hydrogen) atoms. The highest BCUT2D eigenvalue weighted by Gasteiger charge is 2.44. The number of aromatic nitrogens is 2. The number of halogens is 4. The number of imidazole rings is 1. The molecule has 2 aromatic carbocycles. The van der Waals surface area contributed by atoms with Crippen LogP contribution < -0.4 is 4.57 Å². The van der Waals surface area contributed by atoms with Crippen LogP contribution in [-0.4, -0.2) is 4.98 Å². The van der Waals surface area contributed by atoms with Crippen molar-refractivity contribution in [3.05, 3.63) is 64.9 Å². The van der Waals surface area contributed by atoms with Crippen molar-refractivity contribution in [3.63, 3.8) is 0 Å². The smallest absolute Gasteiger partial charge is 0.233 e. The predicted molar refractivity (Wildman–Crippen MR) is 74.0 cm³/mol. The van der Waals surface area contributed by atoms with Crippen molar-refractivity contribution in [1.29, 1.82) is 0 Å². The fraction of sp³-hybridized carbons (Fsp3) is 0.133. The average Bonchev–Trinajstić information content (AvgIpc) is 2.80. The summed E-state index contributed by atoms with van der Waals surface area (Å²) < 4.78 is 40.8. The highest BCUT2D eigenvalue weighted by Crippen LogP contribution is 2.28. The van der Waals surface area contributed by atoms with Crippen LogP contribution in [0.2, 0.25) is 5.02 Å². The number of alkyl halides is 3. The number of benzene rings is 2. The van der Waals surface area contributed by atoms with Crippen LogP contribution in [0.1, 0.15) is 11.4 Å². The third-order valence-electron chi connectivity index (χ3n) is 3.27. The van der Waals surface area contributed by atoms with Crippen molar-refractivity contribution in [1.82, 2.24) is 4.98 Å². The first kappa shape index (κ1) is 13.9. The van der Waals surface area contributed by atoms with Gasteiger partial charge >= 0.3 is 12.0 Å². The Kier molecular flexibility index (Phi) is 3.37. The lowest BCUT2D eigenvalue weighted by Crippen LogP contribution is -2.41. The van der Waals surface area contributed by atoms with Crippen LogP contribution in [0.25, 0.3) is 11.0 Å². The molecule has 0 fully saturated rings. The van der Waals surface area contributed by atoms with Gasteiger partial charge in [0.2, 0.25) is 0 Å². The van der Waals surface area contributed by atoms with E-state index in [0.717, 1.165) is 0 Å². The summed E-state index contributed by atoms with van der Waals surface area (Å²) in [4.78, 5) is 2.44. The summed E-state index contributed by atoms with van der Waals surface area (Å²) in [5.74, 6) is -0.788. The molecule has 108 valence electrons. The number of hydrogen-bond donors (Lipinski definition) is 1. The summed E-state index contributed by atoms with van der Waals surface area (Å²) >= 11 is 6.05. The van der Waals surface area contributed by atoms with Crippen LogP contribution in [0.5, 0.6) is 0 Å². The molecule has 1 aromatic heterocycles. The van der Waals surface area contributed by atoms with Gasteiger partial charge in [-0.3, -0.25) is 0 Å². The minimum atomic E-state index is -4.46. The van der Waals surface area contributed by atoms with Gasteiger partial charge in [0.05, 0.1) is 0 Å². The molecule has 3 aromatic rings. The quantitative estimate of drug-likeness (QED) is 0.685. The van der Waals surface area contributed by atoms with E-state index in [1.54, 1.807) is 48.5 Å². The van der Waals surface area contributed by atoms with Gasteiger partial charge in [0.1, 0.15) is 6.54 Å². The number of hydrogen-bond acceptors (Lipinski definition) is 0. The third kappa shape index (κ3) is 2.61. The fourth-order valence-corrected chi connectivity index (χ4v) is 2.51. The molecule has 0 radical (unpaired) electrons. The Hall–Kier alpha value is -2.01. The molecule has 0 unspecified atom stereocenters. The molecule has 2 nitrogen and oxygen atoms in total. The van der Waals surface area contributed by atoms with E-state index in [0.29, 0.717) is 21.6 Å². The minimum Gasteiger partial charge on any atom is -0.233 e. The van der Waals surface area contributed by atoms with E-state index < -0.39 is 12.0 Å². The molecule has 0 saturated heterocycles. The largest absolute Gasteiger partial charge is 0.494 e. The van der Waals surface area contributed by atoms with E-state index >= 15 is 0 Å². The van der Waals surface area contributed by atoms with Crippen LogP contribution in [0.15, 0.2) is 48.5 Å². The van der Waals surface area contributed by atoms with Crippen LogP contribution in [0.4, 0.5) is 13.2 Å². The molecular weight excluding hydrogens is 301 g/mol. The highest BCUT2D eigenvalue weighted by molar-refractivity contribution is 6.31. The summed E-state index contributed by atoms with van der Waals surface area (Å²) in [5.41, 5.74) is 1.57. The summed E-state index contributed by atoms with van der Waals surface area (Å²) in [6.07, 6.45) is -4.46. The molecule has 1 N–H and O–H groups in total. The van der Waals surface area contributed by atoms with Crippen LogP contribution in [0.3, 0.4) is 0 Å². The number of fused-ring (bicyclic) bond motifs is 1. The molecule has 0 aliphatic carbocycles. The number of nitrogens with one attached hydrogen (secondary N) is 1.